The van der Waals surface area contributed by atoms with Crippen molar-refractivity contribution < 1.29 is 9.18 Å². The highest BCUT2D eigenvalue weighted by atomic mass is 19.1. The lowest BCUT2D eigenvalue weighted by Crippen LogP contribution is -2.20. The number of urea groups is 1. The summed E-state index contributed by atoms with van der Waals surface area (Å²) in [6, 6.07) is 4.21. The van der Waals surface area contributed by atoms with Gasteiger partial charge in [0.2, 0.25) is 0 Å². The van der Waals surface area contributed by atoms with Gasteiger partial charge >= 0.3 is 6.03 Å². The fraction of sp³-hybridized carbons (Fsp3) is 0.308. The van der Waals surface area contributed by atoms with Crippen molar-refractivity contribution in [3.8, 4) is 0 Å². The van der Waals surface area contributed by atoms with Gasteiger partial charge in [-0.05, 0) is 30.0 Å². The van der Waals surface area contributed by atoms with Gasteiger partial charge in [0.25, 0.3) is 0 Å². The van der Waals surface area contributed by atoms with Crippen LogP contribution >= 0.6 is 0 Å². The van der Waals surface area contributed by atoms with Crippen LogP contribution in [0, 0.1) is 11.7 Å². The van der Waals surface area contributed by atoms with Crippen LogP contribution in [0.15, 0.2) is 24.4 Å². The molecule has 0 aliphatic heterocycles. The van der Waals surface area contributed by atoms with Crippen LogP contribution < -0.4 is 10.6 Å². The number of carbonyl (C=O) groups excluding carboxylic acids is 1. The van der Waals surface area contributed by atoms with Gasteiger partial charge < -0.3 is 5.32 Å². The van der Waals surface area contributed by atoms with Gasteiger partial charge in [0.1, 0.15) is 5.82 Å². The number of hydrogen-bond donors (Lipinski definition) is 3. The molecule has 7 heteroatoms. The van der Waals surface area contributed by atoms with E-state index in [1.165, 1.54) is 12.3 Å². The van der Waals surface area contributed by atoms with E-state index in [-0.39, 0.29) is 11.5 Å². The summed E-state index contributed by atoms with van der Waals surface area (Å²) in [5.74, 6) is 0.251. The molecule has 0 bridgehead atoms. The first-order chi connectivity index (χ1) is 9.54. The van der Waals surface area contributed by atoms with Crippen LogP contribution in [-0.4, -0.2) is 21.4 Å². The fourth-order valence-corrected chi connectivity index (χ4v) is 1.79. The minimum atomic E-state index is -0.575. The first-order valence-electron chi connectivity index (χ1n) is 6.27. The van der Waals surface area contributed by atoms with Gasteiger partial charge in [0, 0.05) is 0 Å². The Kier molecular flexibility index (Phi) is 4.29. The summed E-state index contributed by atoms with van der Waals surface area (Å²) in [7, 11) is 0. The standard InChI is InChI=1S/C13H16FN5O/c1-8(2)5-9-3-4-11(10(14)6-9)16-13(20)17-12-7-15-19-18-12/h3-4,6-8H,5H2,1-2H3,(H3,15,16,17,18,19,20). The molecule has 3 N–H and O–H groups in total. The topological polar surface area (TPSA) is 82.7 Å². The van der Waals surface area contributed by atoms with Crippen molar-refractivity contribution in [3.05, 3.63) is 35.8 Å². The van der Waals surface area contributed by atoms with Crippen LogP contribution in [0.3, 0.4) is 0 Å². The van der Waals surface area contributed by atoms with Gasteiger partial charge in [0.05, 0.1) is 11.9 Å². The second kappa shape index (κ2) is 6.14. The van der Waals surface area contributed by atoms with E-state index in [1.54, 1.807) is 12.1 Å². The Hall–Kier alpha value is -2.44. The van der Waals surface area contributed by atoms with Crippen molar-refractivity contribution in [1.82, 2.24) is 15.4 Å². The van der Waals surface area contributed by atoms with Gasteiger partial charge in [-0.15, -0.1) is 5.10 Å². The molecule has 0 aliphatic carbocycles. The molecule has 0 saturated carbocycles. The molecule has 6 nitrogen and oxygen atoms in total. The summed E-state index contributed by atoms with van der Waals surface area (Å²) in [5, 5.41) is 14.4. The molecule has 0 unspecified atom stereocenters. The second-order valence-electron chi connectivity index (χ2n) is 4.85. The average Bonchev–Trinajstić information content (AvgIpc) is 2.84. The SMILES string of the molecule is CC(C)Cc1ccc(NC(=O)Nc2cn[nH]n2)c(F)c1. The Morgan fingerprint density at radius 2 is 2.20 bits per heavy atom. The smallest absolute Gasteiger partial charge is 0.305 e. The zero-order valence-corrected chi connectivity index (χ0v) is 11.3. The molecule has 0 spiro atoms. The van der Waals surface area contributed by atoms with E-state index < -0.39 is 11.8 Å². The molecular formula is C13H16FN5O. The van der Waals surface area contributed by atoms with E-state index >= 15 is 0 Å². The predicted molar refractivity (Wildman–Crippen MR) is 74.0 cm³/mol. The number of nitrogens with zero attached hydrogens (tertiary/aromatic N) is 2. The summed E-state index contributed by atoms with van der Waals surface area (Å²) < 4.78 is 13.9. The second-order valence-corrected chi connectivity index (χ2v) is 4.85. The number of rotatable bonds is 4. The molecule has 2 rings (SSSR count). The van der Waals surface area contributed by atoms with Gasteiger partial charge in [-0.1, -0.05) is 19.9 Å². The highest BCUT2D eigenvalue weighted by Crippen LogP contribution is 2.18. The highest BCUT2D eigenvalue weighted by Gasteiger charge is 2.09. The number of halogens is 1. The third-order valence-electron chi connectivity index (χ3n) is 2.58. The number of amides is 2. The summed E-state index contributed by atoms with van der Waals surface area (Å²) in [6.45, 7) is 4.13. The van der Waals surface area contributed by atoms with Crippen LogP contribution in [0.1, 0.15) is 19.4 Å². The fourth-order valence-electron chi connectivity index (χ4n) is 1.79. The third-order valence-corrected chi connectivity index (χ3v) is 2.58. The van der Waals surface area contributed by atoms with Crippen molar-refractivity contribution >= 4 is 17.5 Å². The van der Waals surface area contributed by atoms with Crippen LogP contribution in [0.25, 0.3) is 0 Å². The number of anilines is 2. The lowest BCUT2D eigenvalue weighted by molar-refractivity contribution is 0.262. The minimum Gasteiger partial charge on any atom is -0.305 e. The quantitative estimate of drug-likeness (QED) is 0.803. The van der Waals surface area contributed by atoms with Crippen LogP contribution in [-0.2, 0) is 6.42 Å². The van der Waals surface area contributed by atoms with Crippen molar-refractivity contribution in [2.24, 2.45) is 5.92 Å². The Morgan fingerprint density at radius 3 is 2.80 bits per heavy atom. The van der Waals surface area contributed by atoms with Gasteiger partial charge in [-0.2, -0.15) is 10.3 Å². The van der Waals surface area contributed by atoms with Gasteiger partial charge in [0.15, 0.2) is 5.82 Å². The molecule has 1 heterocycles. The van der Waals surface area contributed by atoms with Gasteiger partial charge in [-0.25, -0.2) is 9.18 Å². The molecule has 0 radical (unpaired) electrons. The van der Waals surface area contributed by atoms with E-state index in [0.717, 1.165) is 12.0 Å². The molecule has 106 valence electrons. The number of nitrogens with one attached hydrogen (secondary N) is 3. The highest BCUT2D eigenvalue weighted by molar-refractivity contribution is 5.99. The lowest BCUT2D eigenvalue weighted by atomic mass is 10.0. The maximum absolute atomic E-state index is 13.9. The van der Waals surface area contributed by atoms with Gasteiger partial charge in [-0.3, -0.25) is 5.32 Å². The summed E-state index contributed by atoms with van der Waals surface area (Å²) >= 11 is 0. The molecule has 0 atom stereocenters. The summed E-state index contributed by atoms with van der Waals surface area (Å²) in [6.07, 6.45) is 2.14. The maximum Gasteiger partial charge on any atom is 0.325 e. The van der Waals surface area contributed by atoms with Crippen molar-refractivity contribution in [1.29, 1.82) is 0 Å². The molecule has 2 aromatic rings. The Balaban J connectivity index is 2.00. The van der Waals surface area contributed by atoms with Crippen LogP contribution in [0.4, 0.5) is 20.7 Å². The number of carbonyl (C=O) groups is 1. The molecule has 20 heavy (non-hydrogen) atoms. The first-order valence-corrected chi connectivity index (χ1v) is 6.27. The van der Waals surface area contributed by atoms with E-state index in [2.05, 4.69) is 39.9 Å². The Morgan fingerprint density at radius 1 is 1.40 bits per heavy atom. The first kappa shape index (κ1) is 14.0. The van der Waals surface area contributed by atoms with E-state index in [9.17, 15) is 9.18 Å². The molecule has 2 amide bonds. The normalized spacial score (nSPS) is 10.6. The zero-order valence-electron chi connectivity index (χ0n) is 11.3. The minimum absolute atomic E-state index is 0.124. The summed E-state index contributed by atoms with van der Waals surface area (Å²) in [4.78, 5) is 11.6. The molecule has 0 fully saturated rings. The third kappa shape index (κ3) is 3.78. The Labute approximate surface area is 115 Å². The number of aromatic nitrogens is 3. The zero-order chi connectivity index (χ0) is 14.5. The average molecular weight is 277 g/mol. The number of H-pyrrole nitrogens is 1. The number of benzene rings is 1. The van der Waals surface area contributed by atoms with E-state index in [4.69, 9.17) is 0 Å². The maximum atomic E-state index is 13.9. The van der Waals surface area contributed by atoms with E-state index in [0.29, 0.717) is 5.92 Å². The largest absolute Gasteiger partial charge is 0.325 e. The molecule has 0 aliphatic rings. The summed E-state index contributed by atoms with van der Waals surface area (Å²) in [5.41, 5.74) is 1.03. The van der Waals surface area contributed by atoms with Crippen molar-refractivity contribution in [2.75, 3.05) is 10.6 Å². The number of hydrogen-bond acceptors (Lipinski definition) is 3. The van der Waals surface area contributed by atoms with Crippen LogP contribution in [0.2, 0.25) is 0 Å². The molecule has 1 aromatic carbocycles. The molecular weight excluding hydrogens is 261 g/mol. The number of aromatic amines is 1. The lowest BCUT2D eigenvalue weighted by Gasteiger charge is -2.09. The Bertz CT molecular complexity index is 582. The monoisotopic (exact) mass is 277 g/mol. The molecule has 1 aromatic heterocycles. The van der Waals surface area contributed by atoms with E-state index in [1.807, 2.05) is 0 Å². The molecule has 0 saturated heterocycles. The predicted octanol–water partition coefficient (Wildman–Crippen LogP) is 2.79. The van der Waals surface area contributed by atoms with Crippen molar-refractivity contribution in [2.45, 2.75) is 20.3 Å². The van der Waals surface area contributed by atoms with Crippen LogP contribution in [0.5, 0.6) is 0 Å². The van der Waals surface area contributed by atoms with Crippen molar-refractivity contribution in [3.63, 3.8) is 0 Å².